The Morgan fingerprint density at radius 3 is 2.55 bits per heavy atom. The molecule has 1 saturated heterocycles. The molecule has 3 heterocycles. The van der Waals surface area contributed by atoms with Crippen molar-refractivity contribution in [2.75, 3.05) is 13.1 Å². The number of aromatic amines is 1. The minimum absolute atomic E-state index is 0.0203. The first-order valence-corrected chi connectivity index (χ1v) is 12.7. The molecule has 2 fully saturated rings. The number of hydrogen-bond acceptors (Lipinski definition) is 4. The SMILES string of the molecule is CC(C)N1CCc2c(nc([C@H]3CCCN3C(=O)[C@H](c3ccccc3)C3CCCC3)[nH]c2=O)C1. The van der Waals surface area contributed by atoms with E-state index in [1.54, 1.807) is 0 Å². The lowest BCUT2D eigenvalue weighted by Gasteiger charge is -2.33. The van der Waals surface area contributed by atoms with Crippen molar-refractivity contribution >= 4 is 5.91 Å². The van der Waals surface area contributed by atoms with Crippen molar-refractivity contribution in [3.8, 4) is 0 Å². The van der Waals surface area contributed by atoms with Gasteiger partial charge in [0.1, 0.15) is 5.82 Å². The van der Waals surface area contributed by atoms with Crippen molar-refractivity contribution in [2.45, 2.75) is 83.3 Å². The average Bonchev–Trinajstić information content (AvgIpc) is 3.52. The normalized spacial score (nSPS) is 22.6. The second-order valence-corrected chi connectivity index (χ2v) is 10.3. The molecule has 1 N–H and O–H groups in total. The fraction of sp³-hybridized carbons (Fsp3) is 0.593. The van der Waals surface area contributed by atoms with Crippen LogP contribution in [0.3, 0.4) is 0 Å². The molecule has 0 bridgehead atoms. The maximum atomic E-state index is 14.0. The lowest BCUT2D eigenvalue weighted by Crippen LogP contribution is -2.41. The first-order valence-electron chi connectivity index (χ1n) is 12.7. The summed E-state index contributed by atoms with van der Waals surface area (Å²) >= 11 is 0. The zero-order valence-corrected chi connectivity index (χ0v) is 19.9. The number of aromatic nitrogens is 2. The zero-order valence-electron chi connectivity index (χ0n) is 19.9. The molecule has 2 atom stereocenters. The van der Waals surface area contributed by atoms with Gasteiger partial charge in [-0.15, -0.1) is 0 Å². The topological polar surface area (TPSA) is 69.3 Å². The number of rotatable bonds is 5. The predicted molar refractivity (Wildman–Crippen MR) is 129 cm³/mol. The Bertz CT molecular complexity index is 1040. The highest BCUT2D eigenvalue weighted by Gasteiger charge is 2.40. The summed E-state index contributed by atoms with van der Waals surface area (Å²) in [7, 11) is 0. The van der Waals surface area contributed by atoms with Crippen LogP contribution < -0.4 is 5.56 Å². The summed E-state index contributed by atoms with van der Waals surface area (Å²) < 4.78 is 0. The quantitative estimate of drug-likeness (QED) is 0.745. The van der Waals surface area contributed by atoms with E-state index in [1.807, 2.05) is 23.1 Å². The molecule has 3 aliphatic rings. The molecule has 5 rings (SSSR count). The van der Waals surface area contributed by atoms with Crippen molar-refractivity contribution in [3.05, 3.63) is 63.3 Å². The minimum Gasteiger partial charge on any atom is -0.332 e. The van der Waals surface area contributed by atoms with E-state index in [0.29, 0.717) is 24.3 Å². The van der Waals surface area contributed by atoms with Crippen molar-refractivity contribution in [1.82, 2.24) is 19.8 Å². The van der Waals surface area contributed by atoms with Gasteiger partial charge in [-0.3, -0.25) is 14.5 Å². The molecule has 1 amide bonds. The van der Waals surface area contributed by atoms with E-state index in [0.717, 1.165) is 62.0 Å². The Morgan fingerprint density at radius 1 is 1.06 bits per heavy atom. The van der Waals surface area contributed by atoms with Gasteiger partial charge in [0.2, 0.25) is 5.91 Å². The zero-order chi connectivity index (χ0) is 22.9. The Kier molecular flexibility index (Phi) is 6.37. The molecule has 1 aliphatic carbocycles. The Labute approximate surface area is 196 Å². The summed E-state index contributed by atoms with van der Waals surface area (Å²) in [6.45, 7) is 6.70. The number of nitrogens with one attached hydrogen (secondary N) is 1. The van der Waals surface area contributed by atoms with Gasteiger partial charge in [0, 0.05) is 31.2 Å². The van der Waals surface area contributed by atoms with Crippen LogP contribution in [0.5, 0.6) is 0 Å². The van der Waals surface area contributed by atoms with Crippen molar-refractivity contribution in [3.63, 3.8) is 0 Å². The van der Waals surface area contributed by atoms with Gasteiger partial charge in [-0.2, -0.15) is 0 Å². The molecule has 0 radical (unpaired) electrons. The third-order valence-electron chi connectivity index (χ3n) is 8.00. The van der Waals surface area contributed by atoms with Crippen LogP contribution >= 0.6 is 0 Å². The molecule has 1 aromatic carbocycles. The van der Waals surface area contributed by atoms with Gasteiger partial charge in [-0.25, -0.2) is 4.98 Å². The molecule has 1 saturated carbocycles. The van der Waals surface area contributed by atoms with Crippen molar-refractivity contribution in [2.24, 2.45) is 5.92 Å². The van der Waals surface area contributed by atoms with E-state index in [9.17, 15) is 9.59 Å². The fourth-order valence-electron chi connectivity index (χ4n) is 6.14. The van der Waals surface area contributed by atoms with Crippen LogP contribution in [0, 0.1) is 5.92 Å². The van der Waals surface area contributed by atoms with Crippen LogP contribution in [-0.4, -0.2) is 44.8 Å². The Hall–Kier alpha value is -2.47. The largest absolute Gasteiger partial charge is 0.332 e. The third-order valence-corrected chi connectivity index (χ3v) is 8.00. The van der Waals surface area contributed by atoms with Gasteiger partial charge in [-0.1, -0.05) is 43.2 Å². The number of hydrogen-bond donors (Lipinski definition) is 1. The number of carbonyl (C=O) groups excluding carboxylic acids is 1. The van der Waals surface area contributed by atoms with Gasteiger partial charge >= 0.3 is 0 Å². The Morgan fingerprint density at radius 2 is 1.82 bits per heavy atom. The average molecular weight is 449 g/mol. The molecular weight excluding hydrogens is 412 g/mol. The summed E-state index contributed by atoms with van der Waals surface area (Å²) in [4.78, 5) is 39.4. The first-order chi connectivity index (χ1) is 16.0. The summed E-state index contributed by atoms with van der Waals surface area (Å²) in [6, 6.07) is 10.6. The van der Waals surface area contributed by atoms with Crippen molar-refractivity contribution in [1.29, 1.82) is 0 Å². The summed E-state index contributed by atoms with van der Waals surface area (Å²) in [6.07, 6.45) is 7.18. The highest BCUT2D eigenvalue weighted by molar-refractivity contribution is 5.84. The van der Waals surface area contributed by atoms with Gasteiger partial charge in [0.25, 0.3) is 5.56 Å². The summed E-state index contributed by atoms with van der Waals surface area (Å²) in [5.41, 5.74) is 2.82. The number of likely N-dealkylation sites (tertiary alicyclic amines) is 1. The van der Waals surface area contributed by atoms with Gasteiger partial charge in [-0.05, 0) is 57.4 Å². The number of benzene rings is 1. The van der Waals surface area contributed by atoms with Crippen LogP contribution in [0.25, 0.3) is 0 Å². The van der Waals surface area contributed by atoms with E-state index in [2.05, 4.69) is 35.9 Å². The second kappa shape index (κ2) is 9.41. The van der Waals surface area contributed by atoms with Gasteiger partial charge in [0.15, 0.2) is 0 Å². The predicted octanol–water partition coefficient (Wildman–Crippen LogP) is 4.17. The van der Waals surface area contributed by atoms with Crippen molar-refractivity contribution < 1.29 is 4.79 Å². The minimum atomic E-state index is -0.141. The molecule has 176 valence electrons. The standard InChI is InChI=1S/C27H36N4O2/c1-18(2)30-16-14-21-22(17-30)28-25(29-26(21)32)23-13-8-15-31(23)27(33)24(20-11-6-7-12-20)19-9-4-3-5-10-19/h3-5,9-10,18,20,23-24H,6-8,11-17H2,1-2H3,(H,28,29,32)/t23-,24-/m1/s1. The van der Waals surface area contributed by atoms with E-state index in [1.165, 1.54) is 12.8 Å². The fourth-order valence-corrected chi connectivity index (χ4v) is 6.14. The van der Waals surface area contributed by atoms with Crippen LogP contribution in [0.4, 0.5) is 0 Å². The molecule has 6 nitrogen and oxygen atoms in total. The molecule has 6 heteroatoms. The maximum Gasteiger partial charge on any atom is 0.254 e. The monoisotopic (exact) mass is 448 g/mol. The number of nitrogens with zero attached hydrogens (tertiary/aromatic N) is 3. The van der Waals surface area contributed by atoms with Gasteiger partial charge < -0.3 is 9.88 Å². The van der Waals surface area contributed by atoms with E-state index in [4.69, 9.17) is 4.98 Å². The summed E-state index contributed by atoms with van der Waals surface area (Å²) in [5.74, 6) is 1.18. The smallest absolute Gasteiger partial charge is 0.254 e. The second-order valence-electron chi connectivity index (χ2n) is 10.3. The molecule has 0 unspecified atom stereocenters. The molecule has 2 aliphatic heterocycles. The van der Waals surface area contributed by atoms with Crippen LogP contribution in [-0.2, 0) is 17.8 Å². The molecule has 1 aromatic heterocycles. The maximum absolute atomic E-state index is 14.0. The number of fused-ring (bicyclic) bond motifs is 1. The van der Waals surface area contributed by atoms with Gasteiger partial charge in [0.05, 0.1) is 17.7 Å². The van der Waals surface area contributed by atoms with E-state index >= 15 is 0 Å². The first kappa shape index (κ1) is 22.3. The highest BCUT2D eigenvalue weighted by Crippen LogP contribution is 2.41. The van der Waals surface area contributed by atoms with Crippen LogP contribution in [0.2, 0.25) is 0 Å². The number of carbonyl (C=O) groups is 1. The molecular formula is C27H36N4O2. The Balaban J connectivity index is 1.45. The molecule has 33 heavy (non-hydrogen) atoms. The molecule has 0 spiro atoms. The van der Waals surface area contributed by atoms with E-state index in [-0.39, 0.29) is 23.4 Å². The number of amides is 1. The lowest BCUT2D eigenvalue weighted by molar-refractivity contribution is -0.135. The van der Waals surface area contributed by atoms with Crippen LogP contribution in [0.1, 0.15) is 87.0 Å². The highest BCUT2D eigenvalue weighted by atomic mass is 16.2. The lowest BCUT2D eigenvalue weighted by atomic mass is 9.83. The summed E-state index contributed by atoms with van der Waals surface area (Å²) in [5, 5.41) is 0. The van der Waals surface area contributed by atoms with Crippen LogP contribution in [0.15, 0.2) is 35.1 Å². The number of H-pyrrole nitrogens is 1. The molecule has 2 aromatic rings. The third kappa shape index (κ3) is 4.37. The van der Waals surface area contributed by atoms with E-state index < -0.39 is 0 Å².